The average Bonchev–Trinajstić information content (AvgIpc) is 3.05. The first kappa shape index (κ1) is 17.5. The van der Waals surface area contributed by atoms with Crippen molar-refractivity contribution in [2.75, 3.05) is 17.2 Å². The Hall–Kier alpha value is -2.32. The van der Waals surface area contributed by atoms with Gasteiger partial charge >= 0.3 is 0 Å². The van der Waals surface area contributed by atoms with E-state index in [4.69, 9.17) is 0 Å². The standard InChI is InChI=1S/C17H14BrFN4OS/c18-12-3-7-14(8-4-12)21-15(24)10-20-17-23-22-16(25-17)9-11-1-5-13(19)6-2-11/h1-8H,9-10H2,(H,20,23)(H,21,24). The van der Waals surface area contributed by atoms with Crippen LogP contribution in [0.1, 0.15) is 10.6 Å². The fourth-order valence-electron chi connectivity index (χ4n) is 2.07. The van der Waals surface area contributed by atoms with Crippen LogP contribution in [0.5, 0.6) is 0 Å². The Kier molecular flexibility index (Phi) is 5.72. The number of carbonyl (C=O) groups excluding carboxylic acids is 1. The highest BCUT2D eigenvalue weighted by Crippen LogP contribution is 2.19. The van der Waals surface area contributed by atoms with Gasteiger partial charge in [0.25, 0.3) is 0 Å². The molecule has 8 heteroatoms. The third-order valence-electron chi connectivity index (χ3n) is 3.26. The van der Waals surface area contributed by atoms with Crippen molar-refractivity contribution < 1.29 is 9.18 Å². The van der Waals surface area contributed by atoms with Gasteiger partial charge in [-0.2, -0.15) is 0 Å². The lowest BCUT2D eigenvalue weighted by molar-refractivity contribution is -0.114. The van der Waals surface area contributed by atoms with E-state index in [-0.39, 0.29) is 18.3 Å². The number of hydrogen-bond acceptors (Lipinski definition) is 5. The first-order valence-corrected chi connectivity index (χ1v) is 9.05. The molecule has 0 saturated heterocycles. The molecule has 0 radical (unpaired) electrons. The number of amides is 1. The Balaban J connectivity index is 1.50. The van der Waals surface area contributed by atoms with Gasteiger partial charge in [0.05, 0.1) is 6.54 Å². The first-order valence-electron chi connectivity index (χ1n) is 7.44. The molecule has 0 unspecified atom stereocenters. The number of rotatable bonds is 6. The van der Waals surface area contributed by atoms with Crippen molar-refractivity contribution in [1.29, 1.82) is 0 Å². The molecule has 0 bridgehead atoms. The summed E-state index contributed by atoms with van der Waals surface area (Å²) in [6, 6.07) is 13.6. The Morgan fingerprint density at radius 2 is 1.80 bits per heavy atom. The van der Waals surface area contributed by atoms with Crippen LogP contribution in [0.4, 0.5) is 15.2 Å². The third-order valence-corrected chi connectivity index (χ3v) is 4.67. The third kappa shape index (κ3) is 5.33. The molecule has 2 N–H and O–H groups in total. The molecular formula is C17H14BrFN4OS. The van der Waals surface area contributed by atoms with Crippen LogP contribution < -0.4 is 10.6 Å². The molecule has 0 atom stereocenters. The number of benzene rings is 2. The lowest BCUT2D eigenvalue weighted by Crippen LogP contribution is -2.21. The molecule has 0 aliphatic heterocycles. The van der Waals surface area contributed by atoms with Gasteiger partial charge in [0.1, 0.15) is 10.8 Å². The summed E-state index contributed by atoms with van der Waals surface area (Å²) >= 11 is 4.71. The molecule has 5 nitrogen and oxygen atoms in total. The Morgan fingerprint density at radius 1 is 1.08 bits per heavy atom. The smallest absolute Gasteiger partial charge is 0.243 e. The van der Waals surface area contributed by atoms with Gasteiger partial charge in [-0.05, 0) is 42.0 Å². The van der Waals surface area contributed by atoms with E-state index in [1.807, 2.05) is 24.3 Å². The average molecular weight is 421 g/mol. The number of nitrogens with zero attached hydrogens (tertiary/aromatic N) is 2. The van der Waals surface area contributed by atoms with Crippen molar-refractivity contribution in [3.05, 3.63) is 69.4 Å². The van der Waals surface area contributed by atoms with Crippen LogP contribution in [0, 0.1) is 5.82 Å². The fourth-order valence-corrected chi connectivity index (χ4v) is 3.10. The van der Waals surface area contributed by atoms with Crippen molar-refractivity contribution in [3.8, 4) is 0 Å². The van der Waals surface area contributed by atoms with Crippen molar-refractivity contribution in [1.82, 2.24) is 10.2 Å². The van der Waals surface area contributed by atoms with Crippen LogP contribution in [0.2, 0.25) is 0 Å². The van der Waals surface area contributed by atoms with Crippen LogP contribution >= 0.6 is 27.3 Å². The molecule has 128 valence electrons. The Morgan fingerprint density at radius 3 is 2.52 bits per heavy atom. The summed E-state index contributed by atoms with van der Waals surface area (Å²) < 4.78 is 13.9. The van der Waals surface area contributed by atoms with E-state index in [2.05, 4.69) is 36.8 Å². The number of anilines is 2. The van der Waals surface area contributed by atoms with Crippen molar-refractivity contribution in [2.45, 2.75) is 6.42 Å². The topological polar surface area (TPSA) is 66.9 Å². The quantitative estimate of drug-likeness (QED) is 0.630. The van der Waals surface area contributed by atoms with Gasteiger partial charge in [-0.25, -0.2) is 4.39 Å². The summed E-state index contributed by atoms with van der Waals surface area (Å²) in [4.78, 5) is 11.9. The van der Waals surface area contributed by atoms with Crippen molar-refractivity contribution in [2.24, 2.45) is 0 Å². The largest absolute Gasteiger partial charge is 0.351 e. The normalized spacial score (nSPS) is 10.5. The second-order valence-electron chi connectivity index (χ2n) is 5.21. The molecule has 0 aliphatic carbocycles. The highest BCUT2D eigenvalue weighted by Gasteiger charge is 2.08. The molecule has 1 heterocycles. The summed E-state index contributed by atoms with van der Waals surface area (Å²) in [6.07, 6.45) is 0.574. The minimum atomic E-state index is -0.264. The van der Waals surface area contributed by atoms with E-state index in [1.165, 1.54) is 23.5 Å². The zero-order chi connectivity index (χ0) is 17.6. The predicted octanol–water partition coefficient (Wildman–Crippen LogP) is 4.08. The molecule has 3 rings (SSSR count). The van der Waals surface area contributed by atoms with Crippen LogP contribution in [0.25, 0.3) is 0 Å². The van der Waals surface area contributed by atoms with E-state index < -0.39 is 0 Å². The zero-order valence-corrected chi connectivity index (χ0v) is 15.4. The van der Waals surface area contributed by atoms with Gasteiger partial charge in [0.2, 0.25) is 11.0 Å². The summed E-state index contributed by atoms with van der Waals surface area (Å²) in [7, 11) is 0. The van der Waals surface area contributed by atoms with Crippen molar-refractivity contribution in [3.63, 3.8) is 0 Å². The molecule has 3 aromatic rings. The molecule has 1 aromatic heterocycles. The highest BCUT2D eigenvalue weighted by molar-refractivity contribution is 9.10. The lowest BCUT2D eigenvalue weighted by Gasteiger charge is -2.05. The second kappa shape index (κ2) is 8.17. The van der Waals surface area contributed by atoms with Crippen LogP contribution in [0.15, 0.2) is 53.0 Å². The first-order chi connectivity index (χ1) is 12.1. The van der Waals surface area contributed by atoms with E-state index in [1.54, 1.807) is 12.1 Å². The van der Waals surface area contributed by atoms with Gasteiger partial charge in [-0.1, -0.05) is 39.4 Å². The zero-order valence-electron chi connectivity index (χ0n) is 13.0. The van der Waals surface area contributed by atoms with Crippen LogP contribution in [-0.2, 0) is 11.2 Å². The predicted molar refractivity (Wildman–Crippen MR) is 100 cm³/mol. The van der Waals surface area contributed by atoms with E-state index in [0.29, 0.717) is 11.6 Å². The van der Waals surface area contributed by atoms with Gasteiger partial charge in [0.15, 0.2) is 0 Å². The molecule has 1 amide bonds. The monoisotopic (exact) mass is 420 g/mol. The summed E-state index contributed by atoms with van der Waals surface area (Å²) in [6.45, 7) is 0.0985. The van der Waals surface area contributed by atoms with Crippen LogP contribution in [-0.4, -0.2) is 22.6 Å². The summed E-state index contributed by atoms with van der Waals surface area (Å²) in [5.74, 6) is -0.433. The summed E-state index contributed by atoms with van der Waals surface area (Å²) in [5, 5.41) is 15.2. The maximum atomic E-state index is 12.9. The molecule has 0 aliphatic rings. The maximum absolute atomic E-state index is 12.9. The van der Waals surface area contributed by atoms with E-state index >= 15 is 0 Å². The molecule has 25 heavy (non-hydrogen) atoms. The number of nitrogens with one attached hydrogen (secondary N) is 2. The molecule has 0 spiro atoms. The number of hydrogen-bond donors (Lipinski definition) is 2. The maximum Gasteiger partial charge on any atom is 0.243 e. The molecule has 0 fully saturated rings. The number of aromatic nitrogens is 2. The minimum Gasteiger partial charge on any atom is -0.351 e. The SMILES string of the molecule is O=C(CNc1nnc(Cc2ccc(F)cc2)s1)Nc1ccc(Br)cc1. The molecular weight excluding hydrogens is 407 g/mol. The Bertz CT molecular complexity index is 852. The number of halogens is 2. The van der Waals surface area contributed by atoms with E-state index in [9.17, 15) is 9.18 Å². The van der Waals surface area contributed by atoms with Gasteiger partial charge < -0.3 is 10.6 Å². The lowest BCUT2D eigenvalue weighted by atomic mass is 10.2. The second-order valence-corrected chi connectivity index (χ2v) is 7.19. The summed E-state index contributed by atoms with van der Waals surface area (Å²) in [5.41, 5.74) is 1.68. The fraction of sp³-hybridized carbons (Fsp3) is 0.118. The molecule has 2 aromatic carbocycles. The molecule has 0 saturated carbocycles. The minimum absolute atomic E-state index is 0.0985. The van der Waals surface area contributed by atoms with Gasteiger partial charge in [0, 0.05) is 16.6 Å². The van der Waals surface area contributed by atoms with Gasteiger partial charge in [-0.15, -0.1) is 10.2 Å². The number of carbonyl (C=O) groups is 1. The Labute approximate surface area is 156 Å². The van der Waals surface area contributed by atoms with Gasteiger partial charge in [-0.3, -0.25) is 4.79 Å². The van der Waals surface area contributed by atoms with Crippen molar-refractivity contribution >= 4 is 44.0 Å². The van der Waals surface area contributed by atoms with Crippen LogP contribution in [0.3, 0.4) is 0 Å². The van der Waals surface area contributed by atoms with E-state index in [0.717, 1.165) is 20.7 Å². The highest BCUT2D eigenvalue weighted by atomic mass is 79.9.